The molecular formula is C26H36N2O2. The minimum Gasteiger partial charge on any atom is -0.396 e. The van der Waals surface area contributed by atoms with Gasteiger partial charge in [0.15, 0.2) is 5.78 Å². The van der Waals surface area contributed by atoms with Crippen LogP contribution < -0.4 is 0 Å². The van der Waals surface area contributed by atoms with Gasteiger partial charge in [0, 0.05) is 42.4 Å². The monoisotopic (exact) mass is 408 g/mol. The number of aliphatic hydroxyl groups is 1. The molecule has 30 heavy (non-hydrogen) atoms. The van der Waals surface area contributed by atoms with Crippen molar-refractivity contribution in [1.82, 2.24) is 9.47 Å². The topological polar surface area (TPSA) is 45.5 Å². The molecule has 4 nitrogen and oxygen atoms in total. The maximum Gasteiger partial charge on any atom is 0.179 e. The van der Waals surface area contributed by atoms with Crippen LogP contribution in [0.3, 0.4) is 0 Å². The van der Waals surface area contributed by atoms with E-state index in [1.807, 2.05) is 0 Å². The molecule has 0 bridgehead atoms. The van der Waals surface area contributed by atoms with Gasteiger partial charge in [-0.25, -0.2) is 0 Å². The van der Waals surface area contributed by atoms with Crippen LogP contribution in [-0.2, 0) is 0 Å². The van der Waals surface area contributed by atoms with Crippen LogP contribution in [0.5, 0.6) is 0 Å². The van der Waals surface area contributed by atoms with Gasteiger partial charge in [0.05, 0.1) is 5.69 Å². The minimum atomic E-state index is 0.250. The van der Waals surface area contributed by atoms with Crippen molar-refractivity contribution in [2.24, 2.45) is 11.8 Å². The number of carbonyl (C=O) groups is 1. The molecule has 5 aliphatic heterocycles. The largest absolute Gasteiger partial charge is 0.396 e. The second kappa shape index (κ2) is 6.80. The zero-order chi connectivity index (χ0) is 20.6. The number of aromatic nitrogens is 1. The van der Waals surface area contributed by atoms with Crippen LogP contribution in [0.4, 0.5) is 0 Å². The third kappa shape index (κ3) is 2.62. The summed E-state index contributed by atoms with van der Waals surface area (Å²) in [4.78, 5) is 15.3. The number of nitrogens with zero attached hydrogens (tertiary/aromatic N) is 2. The molecule has 1 aromatic rings. The van der Waals surface area contributed by atoms with E-state index in [9.17, 15) is 9.90 Å². The van der Waals surface area contributed by atoms with E-state index in [4.69, 9.17) is 0 Å². The van der Waals surface area contributed by atoms with E-state index in [-0.39, 0.29) is 5.54 Å². The first-order valence-electron chi connectivity index (χ1n) is 12.3. The Kier molecular flexibility index (Phi) is 4.38. The smallest absolute Gasteiger partial charge is 0.179 e. The van der Waals surface area contributed by atoms with Gasteiger partial charge in [0.1, 0.15) is 0 Å². The summed E-state index contributed by atoms with van der Waals surface area (Å²) < 4.78 is 2.35. The first kappa shape index (κ1) is 19.3. The van der Waals surface area contributed by atoms with Crippen molar-refractivity contribution >= 4 is 11.4 Å². The van der Waals surface area contributed by atoms with Crippen molar-refractivity contribution in [3.8, 4) is 0 Å². The molecule has 3 fully saturated rings. The summed E-state index contributed by atoms with van der Waals surface area (Å²) in [5.74, 6) is 1.55. The lowest BCUT2D eigenvalue weighted by molar-refractivity contribution is -0.0383. The van der Waals surface area contributed by atoms with Gasteiger partial charge >= 0.3 is 0 Å². The Labute approximate surface area is 180 Å². The van der Waals surface area contributed by atoms with Gasteiger partial charge in [0.25, 0.3) is 0 Å². The molecule has 0 saturated carbocycles. The van der Waals surface area contributed by atoms with Crippen LogP contribution in [0.2, 0.25) is 0 Å². The summed E-state index contributed by atoms with van der Waals surface area (Å²) in [5.41, 5.74) is 5.51. The summed E-state index contributed by atoms with van der Waals surface area (Å²) in [7, 11) is 0. The number of piperidine rings is 2. The molecule has 6 heterocycles. The van der Waals surface area contributed by atoms with Crippen LogP contribution in [0, 0.1) is 11.8 Å². The van der Waals surface area contributed by atoms with Crippen molar-refractivity contribution in [3.05, 3.63) is 29.1 Å². The average molecular weight is 409 g/mol. The van der Waals surface area contributed by atoms with Gasteiger partial charge in [-0.3, -0.25) is 9.69 Å². The van der Waals surface area contributed by atoms with E-state index < -0.39 is 0 Å². The van der Waals surface area contributed by atoms with E-state index in [0.717, 1.165) is 30.5 Å². The normalized spacial score (nSPS) is 40.5. The number of allylic oxidation sites excluding steroid dienone is 1. The number of carbonyl (C=O) groups excluding carboxylic acids is 1. The fourth-order valence-corrected chi connectivity index (χ4v) is 8.30. The van der Waals surface area contributed by atoms with E-state index in [0.29, 0.717) is 36.8 Å². The molecule has 0 aromatic carbocycles. The highest BCUT2D eigenvalue weighted by Gasteiger charge is 2.57. The average Bonchev–Trinajstić information content (AvgIpc) is 3.30. The molecule has 5 aliphatic rings. The van der Waals surface area contributed by atoms with Crippen LogP contribution in [0.1, 0.15) is 100 Å². The molecule has 162 valence electrons. The number of aliphatic hydroxyl groups excluding tert-OH is 1. The lowest BCUT2D eigenvalue weighted by Crippen LogP contribution is -2.59. The molecule has 3 saturated heterocycles. The van der Waals surface area contributed by atoms with Crippen molar-refractivity contribution in [2.75, 3.05) is 6.61 Å². The molecule has 0 aliphatic carbocycles. The number of hydrogen-bond acceptors (Lipinski definition) is 3. The maximum atomic E-state index is 12.4. The predicted molar refractivity (Wildman–Crippen MR) is 118 cm³/mol. The van der Waals surface area contributed by atoms with Crippen molar-refractivity contribution in [3.63, 3.8) is 0 Å². The predicted octanol–water partition coefficient (Wildman–Crippen LogP) is 4.98. The lowest BCUT2D eigenvalue weighted by atomic mass is 9.73. The van der Waals surface area contributed by atoms with Gasteiger partial charge in [-0.2, -0.15) is 0 Å². The Morgan fingerprint density at radius 3 is 2.83 bits per heavy atom. The first-order chi connectivity index (χ1) is 14.5. The summed E-state index contributed by atoms with van der Waals surface area (Å²) in [6.45, 7) is 5.06. The van der Waals surface area contributed by atoms with Crippen molar-refractivity contribution in [2.45, 2.75) is 102 Å². The Balaban J connectivity index is 1.38. The Morgan fingerprint density at radius 1 is 1.17 bits per heavy atom. The summed E-state index contributed by atoms with van der Waals surface area (Å²) in [5, 5.41) is 10.3. The minimum absolute atomic E-state index is 0.250. The van der Waals surface area contributed by atoms with Crippen molar-refractivity contribution in [1.29, 1.82) is 0 Å². The van der Waals surface area contributed by atoms with Crippen LogP contribution in [0.25, 0.3) is 5.57 Å². The molecule has 0 amide bonds. The number of ketones is 1. The molecule has 6 atom stereocenters. The summed E-state index contributed by atoms with van der Waals surface area (Å²) in [6, 6.07) is 6.01. The SMILES string of the molecule is CC1=C(C[C@]23CCC[C@@H]4C[C@@H](C)C[C@H]([C@@H](CO)C2)N43)C[C@@H]2CCC(=O)c3ccc1n32. The molecule has 0 unspecified atom stereocenters. The fraction of sp³-hybridized carbons (Fsp3) is 0.731. The fourth-order valence-electron chi connectivity index (χ4n) is 8.30. The highest BCUT2D eigenvalue weighted by Crippen LogP contribution is 2.56. The van der Waals surface area contributed by atoms with Crippen LogP contribution >= 0.6 is 0 Å². The van der Waals surface area contributed by atoms with Gasteiger partial charge < -0.3 is 9.67 Å². The Morgan fingerprint density at radius 2 is 2.00 bits per heavy atom. The summed E-state index contributed by atoms with van der Waals surface area (Å²) >= 11 is 0. The first-order valence-corrected chi connectivity index (χ1v) is 12.3. The van der Waals surface area contributed by atoms with Gasteiger partial charge in [-0.1, -0.05) is 18.9 Å². The quantitative estimate of drug-likeness (QED) is 0.767. The highest BCUT2D eigenvalue weighted by atomic mass is 16.3. The van der Waals surface area contributed by atoms with E-state index in [2.05, 4.69) is 35.4 Å². The van der Waals surface area contributed by atoms with E-state index >= 15 is 0 Å². The van der Waals surface area contributed by atoms with Crippen LogP contribution in [0.15, 0.2) is 17.7 Å². The molecule has 1 N–H and O–H groups in total. The zero-order valence-corrected chi connectivity index (χ0v) is 18.6. The maximum absolute atomic E-state index is 12.4. The lowest BCUT2D eigenvalue weighted by Gasteiger charge is -2.54. The molecule has 1 aromatic heterocycles. The van der Waals surface area contributed by atoms with Crippen LogP contribution in [-0.4, -0.2) is 44.6 Å². The van der Waals surface area contributed by atoms with E-state index in [1.165, 1.54) is 56.2 Å². The number of rotatable bonds is 3. The molecule has 0 radical (unpaired) electrons. The molecule has 0 spiro atoms. The van der Waals surface area contributed by atoms with Gasteiger partial charge in [-0.15, -0.1) is 0 Å². The van der Waals surface area contributed by atoms with Gasteiger partial charge in [0.2, 0.25) is 0 Å². The number of Topliss-reactive ketones (excluding diaryl/α,β-unsaturated/α-hetero) is 1. The molecular weight excluding hydrogens is 372 g/mol. The standard InChI is InChI=1S/C26H36N2O2/c1-16-10-21-4-3-9-26(14-19(15-29)24(11-16)28(21)26)13-18-12-20-5-8-25(30)23-7-6-22(17(18)2)27(20)23/h6-7,16,19-21,24,29H,3-5,8-15H2,1-2H3/t16-,19-,20+,21-,24-,26-/m1/s1. The zero-order valence-electron chi connectivity index (χ0n) is 18.6. The number of hydrogen-bond donors (Lipinski definition) is 1. The second-order valence-electron chi connectivity index (χ2n) is 11.2. The third-order valence-corrected chi connectivity index (χ3v) is 9.43. The van der Waals surface area contributed by atoms with Crippen molar-refractivity contribution < 1.29 is 9.90 Å². The summed E-state index contributed by atoms with van der Waals surface area (Å²) in [6.07, 6.45) is 11.7. The molecule has 6 rings (SSSR count). The van der Waals surface area contributed by atoms with E-state index in [1.54, 1.807) is 5.57 Å². The Bertz CT molecular complexity index is 914. The molecule has 4 heteroatoms. The Hall–Kier alpha value is -1.39. The highest BCUT2D eigenvalue weighted by molar-refractivity contribution is 5.96. The van der Waals surface area contributed by atoms with Gasteiger partial charge in [-0.05, 0) is 87.8 Å². The second-order valence-corrected chi connectivity index (χ2v) is 11.2. The third-order valence-electron chi connectivity index (χ3n) is 9.43.